The molecule has 0 saturated carbocycles. The minimum atomic E-state index is -1.61. The lowest BCUT2D eigenvalue weighted by atomic mass is 9.86. The number of hydrogen-bond acceptors (Lipinski definition) is 1. The van der Waals surface area contributed by atoms with E-state index in [1.165, 1.54) is 16.7 Å². The third-order valence-corrected chi connectivity index (χ3v) is 6.28. The van der Waals surface area contributed by atoms with Gasteiger partial charge in [0.05, 0.1) is 6.61 Å². The molecule has 1 aliphatic heterocycles. The maximum Gasteiger partial charge on any atom is 0.219 e. The van der Waals surface area contributed by atoms with Crippen molar-refractivity contribution in [1.82, 2.24) is 0 Å². The molecule has 1 nitrogen and oxygen atoms in total. The lowest BCUT2D eigenvalue weighted by Gasteiger charge is -2.22. The van der Waals surface area contributed by atoms with Crippen LogP contribution < -0.4 is 5.19 Å². The van der Waals surface area contributed by atoms with Crippen LogP contribution in [0.5, 0.6) is 0 Å². The van der Waals surface area contributed by atoms with E-state index in [1.54, 1.807) is 5.19 Å². The van der Waals surface area contributed by atoms with Crippen LogP contribution in [0, 0.1) is 12.3 Å². The van der Waals surface area contributed by atoms with Crippen molar-refractivity contribution in [2.75, 3.05) is 0 Å². The summed E-state index contributed by atoms with van der Waals surface area (Å²) in [6, 6.07) is 4.59. The van der Waals surface area contributed by atoms with E-state index in [0.29, 0.717) is 5.41 Å². The van der Waals surface area contributed by atoms with Gasteiger partial charge in [0.15, 0.2) is 0 Å². The first kappa shape index (κ1) is 12.8. The molecule has 0 amide bonds. The maximum atomic E-state index is 6.09. The molecule has 0 bridgehead atoms. The number of benzene rings is 1. The zero-order chi connectivity index (χ0) is 12.8. The van der Waals surface area contributed by atoms with Crippen LogP contribution in [0.1, 0.15) is 37.5 Å². The van der Waals surface area contributed by atoms with Gasteiger partial charge in [-0.1, -0.05) is 32.9 Å². The summed E-state index contributed by atoms with van der Waals surface area (Å²) in [6.07, 6.45) is 1.14. The van der Waals surface area contributed by atoms with Crippen LogP contribution >= 0.6 is 0 Å². The monoisotopic (exact) mass is 248 g/mol. The van der Waals surface area contributed by atoms with Crippen molar-refractivity contribution in [2.45, 2.75) is 53.8 Å². The highest BCUT2D eigenvalue weighted by Gasteiger charge is 2.36. The highest BCUT2D eigenvalue weighted by molar-refractivity contribution is 6.85. The Morgan fingerprint density at radius 2 is 1.88 bits per heavy atom. The van der Waals surface area contributed by atoms with Crippen molar-refractivity contribution in [3.8, 4) is 0 Å². The third-order valence-electron chi connectivity index (χ3n) is 3.52. The smallest absolute Gasteiger partial charge is 0.219 e. The zero-order valence-electron chi connectivity index (χ0n) is 12.0. The van der Waals surface area contributed by atoms with E-state index >= 15 is 0 Å². The first-order valence-corrected chi connectivity index (χ1v) is 9.37. The first-order valence-electron chi connectivity index (χ1n) is 6.46. The molecule has 17 heavy (non-hydrogen) atoms. The fourth-order valence-corrected chi connectivity index (χ4v) is 5.51. The number of fused-ring (bicyclic) bond motifs is 1. The Bertz CT molecular complexity index is 441. The van der Waals surface area contributed by atoms with E-state index in [0.717, 1.165) is 13.0 Å². The Balaban J connectivity index is 2.49. The van der Waals surface area contributed by atoms with E-state index in [1.807, 2.05) is 0 Å². The molecule has 1 aromatic carbocycles. The molecule has 0 N–H and O–H groups in total. The maximum absolute atomic E-state index is 6.09. The summed E-state index contributed by atoms with van der Waals surface area (Å²) in [4.78, 5) is 0. The Hall–Kier alpha value is -0.603. The van der Waals surface area contributed by atoms with Gasteiger partial charge < -0.3 is 4.43 Å². The standard InChI is InChI=1S/C15H24OSi/c1-11-7-8-12(9-15(2,3)4)13-10-16-17(5,6)14(11)13/h7-8H,9-10H2,1-6H3. The topological polar surface area (TPSA) is 9.23 Å². The lowest BCUT2D eigenvalue weighted by molar-refractivity contribution is 0.317. The summed E-state index contributed by atoms with van der Waals surface area (Å²) >= 11 is 0. The van der Waals surface area contributed by atoms with Crippen molar-refractivity contribution in [2.24, 2.45) is 5.41 Å². The highest BCUT2D eigenvalue weighted by Crippen LogP contribution is 2.29. The Morgan fingerprint density at radius 3 is 2.47 bits per heavy atom. The van der Waals surface area contributed by atoms with Gasteiger partial charge in [0, 0.05) is 0 Å². The predicted octanol–water partition coefficient (Wildman–Crippen LogP) is 3.53. The molecule has 0 saturated heterocycles. The van der Waals surface area contributed by atoms with Crippen LogP contribution in [-0.2, 0) is 17.5 Å². The van der Waals surface area contributed by atoms with Gasteiger partial charge in [0.25, 0.3) is 0 Å². The van der Waals surface area contributed by atoms with Crippen molar-refractivity contribution < 1.29 is 4.43 Å². The van der Waals surface area contributed by atoms with Crippen molar-refractivity contribution in [1.29, 1.82) is 0 Å². The van der Waals surface area contributed by atoms with E-state index in [2.05, 4.69) is 52.9 Å². The van der Waals surface area contributed by atoms with E-state index in [4.69, 9.17) is 4.43 Å². The third kappa shape index (κ3) is 2.48. The van der Waals surface area contributed by atoms with E-state index in [9.17, 15) is 0 Å². The fourth-order valence-electron chi connectivity index (χ4n) is 2.87. The summed E-state index contributed by atoms with van der Waals surface area (Å²) in [5.41, 5.74) is 4.76. The first-order chi connectivity index (χ1) is 7.71. The Kier molecular flexibility index (Phi) is 2.99. The molecule has 0 radical (unpaired) electrons. The van der Waals surface area contributed by atoms with Crippen LogP contribution in [0.2, 0.25) is 13.1 Å². The van der Waals surface area contributed by atoms with Crippen LogP contribution in [0.3, 0.4) is 0 Å². The number of hydrogen-bond donors (Lipinski definition) is 0. The van der Waals surface area contributed by atoms with Gasteiger partial charge >= 0.3 is 0 Å². The second kappa shape index (κ2) is 3.96. The fraction of sp³-hybridized carbons (Fsp3) is 0.600. The molecular formula is C15H24OSi. The van der Waals surface area contributed by atoms with Gasteiger partial charge in [-0.25, -0.2) is 0 Å². The minimum Gasteiger partial charge on any atom is -0.409 e. The predicted molar refractivity (Wildman–Crippen MR) is 76.2 cm³/mol. The quantitative estimate of drug-likeness (QED) is 0.691. The summed E-state index contributed by atoms with van der Waals surface area (Å²) in [6.45, 7) is 14.6. The second-order valence-electron chi connectivity index (χ2n) is 6.93. The molecule has 0 aliphatic carbocycles. The molecule has 2 heteroatoms. The van der Waals surface area contributed by atoms with Gasteiger partial charge in [0.2, 0.25) is 8.32 Å². The molecule has 0 atom stereocenters. The summed E-state index contributed by atoms with van der Waals surface area (Å²) < 4.78 is 6.09. The van der Waals surface area contributed by atoms with Crippen molar-refractivity contribution in [3.63, 3.8) is 0 Å². The van der Waals surface area contributed by atoms with Crippen LogP contribution in [0.25, 0.3) is 0 Å². The van der Waals surface area contributed by atoms with Gasteiger partial charge in [0.1, 0.15) is 0 Å². The van der Waals surface area contributed by atoms with Gasteiger partial charge in [-0.2, -0.15) is 0 Å². The lowest BCUT2D eigenvalue weighted by Crippen LogP contribution is -2.42. The van der Waals surface area contributed by atoms with E-state index in [-0.39, 0.29) is 0 Å². The molecule has 0 aromatic heterocycles. The van der Waals surface area contributed by atoms with E-state index < -0.39 is 8.32 Å². The molecule has 2 rings (SSSR count). The average Bonchev–Trinajstić information content (AvgIpc) is 2.46. The molecule has 0 unspecified atom stereocenters. The summed E-state index contributed by atoms with van der Waals surface area (Å²) in [5, 5.41) is 1.55. The van der Waals surface area contributed by atoms with Crippen molar-refractivity contribution >= 4 is 13.5 Å². The normalized spacial score (nSPS) is 18.2. The second-order valence-corrected chi connectivity index (χ2v) is 10.7. The largest absolute Gasteiger partial charge is 0.409 e. The molecule has 0 spiro atoms. The number of rotatable bonds is 1. The summed E-state index contributed by atoms with van der Waals surface area (Å²) in [7, 11) is -1.61. The van der Waals surface area contributed by atoms with Crippen LogP contribution in [0.4, 0.5) is 0 Å². The molecule has 1 heterocycles. The Morgan fingerprint density at radius 1 is 1.24 bits per heavy atom. The van der Waals surface area contributed by atoms with Gasteiger partial charge in [-0.15, -0.1) is 0 Å². The number of aryl methyl sites for hydroxylation is 1. The molecule has 1 aromatic rings. The molecular weight excluding hydrogens is 224 g/mol. The van der Waals surface area contributed by atoms with Crippen LogP contribution in [-0.4, -0.2) is 8.32 Å². The van der Waals surface area contributed by atoms with Crippen molar-refractivity contribution in [3.05, 3.63) is 28.8 Å². The highest BCUT2D eigenvalue weighted by atomic mass is 28.4. The molecule has 0 fully saturated rings. The van der Waals surface area contributed by atoms with Gasteiger partial charge in [-0.3, -0.25) is 0 Å². The zero-order valence-corrected chi connectivity index (χ0v) is 13.0. The Labute approximate surface area is 106 Å². The minimum absolute atomic E-state index is 0.345. The molecule has 94 valence electrons. The molecule has 1 aliphatic rings. The van der Waals surface area contributed by atoms with Gasteiger partial charge in [-0.05, 0) is 53.7 Å². The average molecular weight is 248 g/mol. The SMILES string of the molecule is Cc1ccc(CC(C)(C)C)c2c1[Si](C)(C)OC2. The van der Waals surface area contributed by atoms with Crippen LogP contribution in [0.15, 0.2) is 12.1 Å². The summed E-state index contributed by atoms with van der Waals surface area (Å²) in [5.74, 6) is 0.